The first-order valence-electron chi connectivity index (χ1n) is 6.07. The van der Waals surface area contributed by atoms with Gasteiger partial charge in [-0.05, 0) is 83.3 Å². The Morgan fingerprint density at radius 2 is 1.83 bits per heavy atom. The molecule has 0 fully saturated rings. The summed E-state index contributed by atoms with van der Waals surface area (Å²) in [5.41, 5.74) is 9.68. The second kappa shape index (κ2) is 5.13. The predicted octanol–water partition coefficient (Wildman–Crippen LogP) is 4.51. The number of fused-ring (bicyclic) bond motifs is 1. The van der Waals surface area contributed by atoms with E-state index >= 15 is 0 Å². The highest BCUT2D eigenvalue weighted by atomic mass is 127. The van der Waals surface area contributed by atoms with Crippen molar-refractivity contribution in [2.24, 2.45) is 0 Å². The standard InChI is InChI=1S/C15H14INS/c16-14-9-12(17)5-7-15(14)18-13-6-4-10-2-1-3-11(10)8-13/h4-9H,1-3,17H2. The van der Waals surface area contributed by atoms with E-state index in [9.17, 15) is 0 Å². The van der Waals surface area contributed by atoms with Crippen LogP contribution in [0.2, 0.25) is 0 Å². The van der Waals surface area contributed by atoms with Crippen LogP contribution in [-0.2, 0) is 12.8 Å². The Labute approximate surface area is 125 Å². The second-order valence-corrected chi connectivity index (χ2v) is 6.85. The summed E-state index contributed by atoms with van der Waals surface area (Å²) in [6.45, 7) is 0. The average Bonchev–Trinajstić information content (AvgIpc) is 2.80. The van der Waals surface area contributed by atoms with E-state index in [1.807, 2.05) is 23.9 Å². The summed E-state index contributed by atoms with van der Waals surface area (Å²) in [6, 6.07) is 13.0. The molecule has 3 heteroatoms. The summed E-state index contributed by atoms with van der Waals surface area (Å²) in [4.78, 5) is 2.61. The van der Waals surface area contributed by atoms with Gasteiger partial charge in [-0.1, -0.05) is 17.8 Å². The third-order valence-electron chi connectivity index (χ3n) is 3.25. The SMILES string of the molecule is Nc1ccc(Sc2ccc3c(c2)CCC3)c(I)c1. The minimum Gasteiger partial charge on any atom is -0.399 e. The van der Waals surface area contributed by atoms with E-state index in [4.69, 9.17) is 5.73 Å². The van der Waals surface area contributed by atoms with Gasteiger partial charge < -0.3 is 5.73 Å². The zero-order valence-corrected chi connectivity index (χ0v) is 12.9. The van der Waals surface area contributed by atoms with E-state index in [0.29, 0.717) is 0 Å². The number of nitrogens with two attached hydrogens (primary N) is 1. The molecule has 0 radical (unpaired) electrons. The van der Waals surface area contributed by atoms with Crippen LogP contribution in [0.4, 0.5) is 5.69 Å². The van der Waals surface area contributed by atoms with E-state index in [1.54, 1.807) is 0 Å². The van der Waals surface area contributed by atoms with Gasteiger partial charge in [-0.2, -0.15) is 0 Å². The second-order valence-electron chi connectivity index (χ2n) is 4.58. The molecule has 0 amide bonds. The fourth-order valence-electron chi connectivity index (χ4n) is 2.34. The van der Waals surface area contributed by atoms with Gasteiger partial charge in [-0.3, -0.25) is 0 Å². The number of halogens is 1. The number of anilines is 1. The maximum Gasteiger partial charge on any atom is 0.0325 e. The van der Waals surface area contributed by atoms with E-state index < -0.39 is 0 Å². The third-order valence-corrected chi connectivity index (χ3v) is 5.58. The van der Waals surface area contributed by atoms with Crippen molar-refractivity contribution in [3.8, 4) is 0 Å². The van der Waals surface area contributed by atoms with Crippen molar-refractivity contribution in [3.05, 3.63) is 51.1 Å². The van der Waals surface area contributed by atoms with Crippen LogP contribution in [0.1, 0.15) is 17.5 Å². The first-order chi connectivity index (χ1) is 8.72. The maximum absolute atomic E-state index is 5.78. The third kappa shape index (κ3) is 2.52. The minimum atomic E-state index is 0.831. The Hall–Kier alpha value is -0.680. The molecule has 0 saturated carbocycles. The monoisotopic (exact) mass is 367 g/mol. The molecule has 3 rings (SSSR count). The van der Waals surface area contributed by atoms with Crippen LogP contribution in [0.15, 0.2) is 46.2 Å². The molecule has 1 aliphatic rings. The summed E-state index contributed by atoms with van der Waals surface area (Å²) in [5, 5.41) is 0. The molecule has 2 N–H and O–H groups in total. The van der Waals surface area contributed by atoms with Gasteiger partial charge in [-0.15, -0.1) is 0 Å². The van der Waals surface area contributed by atoms with Gasteiger partial charge in [0.25, 0.3) is 0 Å². The van der Waals surface area contributed by atoms with Crippen LogP contribution >= 0.6 is 34.4 Å². The van der Waals surface area contributed by atoms with E-state index in [1.165, 1.54) is 43.8 Å². The maximum atomic E-state index is 5.78. The molecule has 1 nitrogen and oxygen atoms in total. The topological polar surface area (TPSA) is 26.0 Å². The zero-order chi connectivity index (χ0) is 12.5. The van der Waals surface area contributed by atoms with Crippen LogP contribution in [0.3, 0.4) is 0 Å². The molecule has 1 aliphatic carbocycles. The number of nitrogen functional groups attached to an aromatic ring is 1. The van der Waals surface area contributed by atoms with Gasteiger partial charge in [0.15, 0.2) is 0 Å². The molecule has 0 atom stereocenters. The number of rotatable bonds is 2. The average molecular weight is 367 g/mol. The summed E-state index contributed by atoms with van der Waals surface area (Å²) in [5.74, 6) is 0. The van der Waals surface area contributed by atoms with Gasteiger partial charge in [0.2, 0.25) is 0 Å². The Kier molecular flexibility index (Phi) is 3.52. The van der Waals surface area contributed by atoms with Crippen LogP contribution in [0.5, 0.6) is 0 Å². The molecule has 0 heterocycles. The van der Waals surface area contributed by atoms with Crippen molar-refractivity contribution < 1.29 is 0 Å². The summed E-state index contributed by atoms with van der Waals surface area (Å²) < 4.78 is 1.22. The van der Waals surface area contributed by atoms with E-state index in [0.717, 1.165) is 5.69 Å². The zero-order valence-electron chi connectivity index (χ0n) is 9.95. The Morgan fingerprint density at radius 1 is 1.00 bits per heavy atom. The smallest absolute Gasteiger partial charge is 0.0325 e. The summed E-state index contributed by atoms with van der Waals surface area (Å²) in [7, 11) is 0. The largest absolute Gasteiger partial charge is 0.399 e. The van der Waals surface area contributed by atoms with Crippen molar-refractivity contribution in [1.82, 2.24) is 0 Å². The number of benzene rings is 2. The molecule has 0 aliphatic heterocycles. The van der Waals surface area contributed by atoms with Crippen molar-refractivity contribution in [2.75, 3.05) is 5.73 Å². The molecule has 0 unspecified atom stereocenters. The highest BCUT2D eigenvalue weighted by molar-refractivity contribution is 14.1. The lowest BCUT2D eigenvalue weighted by Gasteiger charge is -2.07. The fourth-order valence-corrected chi connectivity index (χ4v) is 4.09. The van der Waals surface area contributed by atoms with Gasteiger partial charge >= 0.3 is 0 Å². The summed E-state index contributed by atoms with van der Waals surface area (Å²) >= 11 is 4.17. The van der Waals surface area contributed by atoms with Crippen LogP contribution in [-0.4, -0.2) is 0 Å². The Morgan fingerprint density at radius 3 is 2.67 bits per heavy atom. The van der Waals surface area contributed by atoms with Gasteiger partial charge in [-0.25, -0.2) is 0 Å². The minimum absolute atomic E-state index is 0.831. The summed E-state index contributed by atoms with van der Waals surface area (Å²) in [6.07, 6.45) is 3.80. The van der Waals surface area contributed by atoms with Crippen LogP contribution < -0.4 is 5.73 Å². The number of aryl methyl sites for hydroxylation is 2. The Balaban J connectivity index is 1.88. The fraction of sp³-hybridized carbons (Fsp3) is 0.200. The van der Waals surface area contributed by atoms with E-state index in [2.05, 4.69) is 46.9 Å². The first kappa shape index (κ1) is 12.4. The quantitative estimate of drug-likeness (QED) is 0.624. The molecular weight excluding hydrogens is 353 g/mol. The number of hydrogen-bond donors (Lipinski definition) is 1. The van der Waals surface area contributed by atoms with Crippen molar-refractivity contribution >= 4 is 40.0 Å². The van der Waals surface area contributed by atoms with Crippen molar-refractivity contribution in [3.63, 3.8) is 0 Å². The van der Waals surface area contributed by atoms with Gasteiger partial charge in [0.1, 0.15) is 0 Å². The normalized spacial score (nSPS) is 13.6. The van der Waals surface area contributed by atoms with Crippen molar-refractivity contribution in [2.45, 2.75) is 29.1 Å². The van der Waals surface area contributed by atoms with Crippen molar-refractivity contribution in [1.29, 1.82) is 0 Å². The van der Waals surface area contributed by atoms with Crippen LogP contribution in [0.25, 0.3) is 0 Å². The molecule has 2 aromatic carbocycles. The highest BCUT2D eigenvalue weighted by Gasteiger charge is 2.11. The predicted molar refractivity (Wildman–Crippen MR) is 86.2 cm³/mol. The molecule has 0 aromatic heterocycles. The lowest BCUT2D eigenvalue weighted by atomic mass is 10.1. The number of hydrogen-bond acceptors (Lipinski definition) is 2. The molecule has 0 saturated heterocycles. The lowest BCUT2D eigenvalue weighted by molar-refractivity contribution is 0.911. The molecule has 0 bridgehead atoms. The Bertz CT molecular complexity index is 595. The first-order valence-corrected chi connectivity index (χ1v) is 7.96. The lowest BCUT2D eigenvalue weighted by Crippen LogP contribution is -1.87. The molecule has 92 valence electrons. The highest BCUT2D eigenvalue weighted by Crippen LogP contribution is 2.34. The van der Waals surface area contributed by atoms with Gasteiger partial charge in [0.05, 0.1) is 0 Å². The molecule has 0 spiro atoms. The molecule has 2 aromatic rings. The van der Waals surface area contributed by atoms with E-state index in [-0.39, 0.29) is 0 Å². The molecule has 18 heavy (non-hydrogen) atoms. The van der Waals surface area contributed by atoms with Crippen LogP contribution in [0, 0.1) is 3.57 Å². The van der Waals surface area contributed by atoms with Gasteiger partial charge in [0, 0.05) is 19.0 Å². The molecular formula is C15H14INS.